The number of carbonyl (C=O) groups is 1. The predicted molar refractivity (Wildman–Crippen MR) is 42.9 cm³/mol. The van der Waals surface area contributed by atoms with E-state index in [2.05, 4.69) is 5.48 Å². The second-order valence-corrected chi connectivity index (χ2v) is 2.51. The summed E-state index contributed by atoms with van der Waals surface area (Å²) in [6.07, 6.45) is 0. The molecule has 0 aromatic carbocycles. The van der Waals surface area contributed by atoms with Crippen LogP contribution in [0.3, 0.4) is 0 Å². The summed E-state index contributed by atoms with van der Waals surface area (Å²) in [7, 11) is 3.43. The third kappa shape index (κ3) is 3.95. The number of amides is 1. The van der Waals surface area contributed by atoms with E-state index >= 15 is 0 Å². The van der Waals surface area contributed by atoms with Crippen molar-refractivity contribution in [1.29, 1.82) is 0 Å². The van der Waals surface area contributed by atoms with Gasteiger partial charge in [0.2, 0.25) is 5.91 Å². The van der Waals surface area contributed by atoms with E-state index in [1.54, 1.807) is 21.0 Å². The van der Waals surface area contributed by atoms with Crippen LogP contribution in [0, 0.1) is 0 Å². The summed E-state index contributed by atoms with van der Waals surface area (Å²) in [5.74, 6) is 0.0125. The summed E-state index contributed by atoms with van der Waals surface area (Å²) in [6.45, 7) is 4.18. The van der Waals surface area contributed by atoms with Gasteiger partial charge in [-0.2, -0.15) is 5.48 Å². The topological polar surface area (TPSA) is 41.6 Å². The zero-order chi connectivity index (χ0) is 8.85. The Kier molecular flexibility index (Phi) is 4.81. The van der Waals surface area contributed by atoms with Gasteiger partial charge >= 0.3 is 0 Å². The van der Waals surface area contributed by atoms with Crippen LogP contribution in [0.5, 0.6) is 0 Å². The number of nitrogens with one attached hydrogen (secondary N) is 1. The number of hydrogen-bond acceptors (Lipinski definition) is 3. The van der Waals surface area contributed by atoms with E-state index in [1.807, 2.05) is 6.92 Å². The predicted octanol–water partition coefficient (Wildman–Crippen LogP) is 0.00420. The van der Waals surface area contributed by atoms with Crippen LogP contribution in [0.25, 0.3) is 0 Å². The van der Waals surface area contributed by atoms with Crippen LogP contribution in [0.4, 0.5) is 0 Å². The number of likely N-dealkylation sites (N-methyl/N-ethyl adjacent to an activating group) is 1. The van der Waals surface area contributed by atoms with Gasteiger partial charge in [-0.1, -0.05) is 0 Å². The maximum absolute atomic E-state index is 11.1. The highest BCUT2D eigenvalue weighted by Crippen LogP contribution is 1.87. The zero-order valence-electron chi connectivity index (χ0n) is 7.55. The first-order valence-electron chi connectivity index (χ1n) is 3.68. The van der Waals surface area contributed by atoms with Gasteiger partial charge in [-0.15, -0.1) is 0 Å². The molecule has 66 valence electrons. The van der Waals surface area contributed by atoms with Gasteiger partial charge in [-0.25, -0.2) is 0 Å². The molecular weight excluding hydrogens is 144 g/mol. The third-order valence-electron chi connectivity index (χ3n) is 1.22. The molecule has 0 radical (unpaired) electrons. The lowest BCUT2D eigenvalue weighted by atomic mass is 10.3. The van der Waals surface area contributed by atoms with Gasteiger partial charge in [0.15, 0.2) is 0 Å². The molecule has 1 amide bonds. The number of rotatable bonds is 4. The monoisotopic (exact) mass is 160 g/mol. The Bertz CT molecular complexity index is 126. The van der Waals surface area contributed by atoms with Crippen LogP contribution >= 0.6 is 0 Å². The highest BCUT2D eigenvalue weighted by molar-refractivity contribution is 5.80. The molecular formula is C7H16N2O2. The Morgan fingerprint density at radius 3 is 2.55 bits per heavy atom. The Balaban J connectivity index is 3.64. The van der Waals surface area contributed by atoms with Crippen molar-refractivity contribution in [1.82, 2.24) is 10.4 Å². The van der Waals surface area contributed by atoms with E-state index in [9.17, 15) is 4.79 Å². The normalized spacial score (nSPS) is 12.7. The standard InChI is InChI=1S/C7H16N2O2/c1-5-11-8-6(2)7(10)9(3)4/h6,8H,5H2,1-4H3. The van der Waals surface area contributed by atoms with Gasteiger partial charge in [0.25, 0.3) is 0 Å². The summed E-state index contributed by atoms with van der Waals surface area (Å²) in [5, 5.41) is 0. The Morgan fingerprint density at radius 2 is 2.18 bits per heavy atom. The molecule has 0 aromatic heterocycles. The lowest BCUT2D eigenvalue weighted by Crippen LogP contribution is -2.41. The summed E-state index contributed by atoms with van der Waals surface area (Å²) in [5.41, 5.74) is 2.62. The lowest BCUT2D eigenvalue weighted by Gasteiger charge is -2.16. The fraction of sp³-hybridized carbons (Fsp3) is 0.857. The maximum Gasteiger partial charge on any atom is 0.241 e. The van der Waals surface area contributed by atoms with Crippen molar-refractivity contribution in [3.63, 3.8) is 0 Å². The summed E-state index contributed by atoms with van der Waals surface area (Å²) in [6, 6.07) is -0.273. The minimum atomic E-state index is -0.273. The second kappa shape index (κ2) is 5.09. The fourth-order valence-electron chi connectivity index (χ4n) is 0.646. The number of nitrogens with zero attached hydrogens (tertiary/aromatic N) is 1. The van der Waals surface area contributed by atoms with E-state index in [1.165, 1.54) is 4.90 Å². The van der Waals surface area contributed by atoms with Gasteiger partial charge in [-0.05, 0) is 13.8 Å². The van der Waals surface area contributed by atoms with Crippen LogP contribution in [-0.2, 0) is 9.63 Å². The van der Waals surface area contributed by atoms with Crippen molar-refractivity contribution >= 4 is 5.91 Å². The minimum Gasteiger partial charge on any atom is -0.347 e. The molecule has 11 heavy (non-hydrogen) atoms. The number of hydrogen-bond donors (Lipinski definition) is 1. The summed E-state index contributed by atoms with van der Waals surface area (Å²) >= 11 is 0. The molecule has 0 saturated carbocycles. The molecule has 1 unspecified atom stereocenters. The molecule has 0 spiro atoms. The van der Waals surface area contributed by atoms with Crippen molar-refractivity contribution in [3.8, 4) is 0 Å². The fourth-order valence-corrected chi connectivity index (χ4v) is 0.646. The van der Waals surface area contributed by atoms with Crippen molar-refractivity contribution in [2.75, 3.05) is 20.7 Å². The van der Waals surface area contributed by atoms with E-state index in [4.69, 9.17) is 4.84 Å². The van der Waals surface area contributed by atoms with Gasteiger partial charge < -0.3 is 9.74 Å². The van der Waals surface area contributed by atoms with Crippen LogP contribution in [0.15, 0.2) is 0 Å². The highest BCUT2D eigenvalue weighted by atomic mass is 16.6. The first kappa shape index (κ1) is 10.4. The molecule has 4 heteroatoms. The SMILES string of the molecule is CCONC(C)C(=O)N(C)C. The van der Waals surface area contributed by atoms with E-state index in [0.717, 1.165) is 0 Å². The van der Waals surface area contributed by atoms with Crippen LogP contribution in [0.2, 0.25) is 0 Å². The molecule has 4 nitrogen and oxygen atoms in total. The van der Waals surface area contributed by atoms with Crippen LogP contribution in [0.1, 0.15) is 13.8 Å². The smallest absolute Gasteiger partial charge is 0.241 e. The van der Waals surface area contributed by atoms with Crippen molar-refractivity contribution in [2.45, 2.75) is 19.9 Å². The molecule has 0 fully saturated rings. The molecule has 0 aliphatic carbocycles. The zero-order valence-corrected chi connectivity index (χ0v) is 7.55. The average molecular weight is 160 g/mol. The maximum atomic E-state index is 11.1. The molecule has 0 rings (SSSR count). The number of hydroxylamine groups is 1. The summed E-state index contributed by atoms with van der Waals surface area (Å²) < 4.78 is 0. The van der Waals surface area contributed by atoms with Crippen molar-refractivity contribution in [3.05, 3.63) is 0 Å². The average Bonchev–Trinajstić information content (AvgIpc) is 1.98. The van der Waals surface area contributed by atoms with E-state index in [-0.39, 0.29) is 11.9 Å². The number of carbonyl (C=O) groups excluding carboxylic acids is 1. The minimum absolute atomic E-state index is 0.0125. The molecule has 0 bridgehead atoms. The Labute approximate surface area is 67.5 Å². The van der Waals surface area contributed by atoms with Gasteiger partial charge in [-0.3, -0.25) is 4.79 Å². The first-order valence-corrected chi connectivity index (χ1v) is 3.68. The third-order valence-corrected chi connectivity index (χ3v) is 1.22. The molecule has 1 N–H and O–H groups in total. The largest absolute Gasteiger partial charge is 0.347 e. The second-order valence-electron chi connectivity index (χ2n) is 2.51. The summed E-state index contributed by atoms with van der Waals surface area (Å²) in [4.78, 5) is 17.5. The first-order chi connectivity index (χ1) is 5.09. The lowest BCUT2D eigenvalue weighted by molar-refractivity contribution is -0.134. The Morgan fingerprint density at radius 1 is 1.64 bits per heavy atom. The van der Waals surface area contributed by atoms with Crippen molar-refractivity contribution in [2.24, 2.45) is 0 Å². The van der Waals surface area contributed by atoms with Crippen molar-refractivity contribution < 1.29 is 9.63 Å². The molecule has 0 saturated heterocycles. The van der Waals surface area contributed by atoms with Gasteiger partial charge in [0, 0.05) is 14.1 Å². The Hall–Kier alpha value is -0.610. The van der Waals surface area contributed by atoms with Gasteiger partial charge in [0.05, 0.1) is 6.61 Å². The van der Waals surface area contributed by atoms with E-state index in [0.29, 0.717) is 6.61 Å². The quantitative estimate of drug-likeness (QED) is 0.589. The molecule has 0 aliphatic heterocycles. The highest BCUT2D eigenvalue weighted by Gasteiger charge is 2.13. The van der Waals surface area contributed by atoms with Crippen LogP contribution < -0.4 is 5.48 Å². The van der Waals surface area contributed by atoms with Gasteiger partial charge in [0.1, 0.15) is 6.04 Å². The van der Waals surface area contributed by atoms with Crippen LogP contribution in [-0.4, -0.2) is 37.6 Å². The molecule has 0 aromatic rings. The molecule has 1 atom stereocenters. The molecule has 0 aliphatic rings. The molecule has 0 heterocycles. The van der Waals surface area contributed by atoms with E-state index < -0.39 is 0 Å².